The van der Waals surface area contributed by atoms with Crippen molar-refractivity contribution in [2.75, 3.05) is 5.32 Å². The van der Waals surface area contributed by atoms with Gasteiger partial charge in [-0.25, -0.2) is 14.8 Å². The highest BCUT2D eigenvalue weighted by Gasteiger charge is 2.13. The van der Waals surface area contributed by atoms with Crippen LogP contribution in [0.15, 0.2) is 47.5 Å². The Kier molecular flexibility index (Phi) is 4.77. The minimum Gasteiger partial charge on any atom is -0.445 e. The number of benzene rings is 1. The van der Waals surface area contributed by atoms with Gasteiger partial charge in [0, 0.05) is 22.7 Å². The maximum Gasteiger partial charge on any atom is 0.419 e. The van der Waals surface area contributed by atoms with E-state index in [0.29, 0.717) is 22.3 Å². The molecule has 0 bridgehead atoms. The lowest BCUT2D eigenvalue weighted by Gasteiger charge is -2.08. The Morgan fingerprint density at radius 1 is 1.18 bits per heavy atom. The number of hydrogen-bond acceptors (Lipinski definition) is 9. The molecule has 0 spiro atoms. The molecule has 0 aliphatic heterocycles. The van der Waals surface area contributed by atoms with Crippen LogP contribution in [0.5, 0.6) is 5.06 Å². The molecule has 1 amide bonds. The number of ether oxygens (including phenoxy) is 1. The molecule has 1 aromatic carbocycles. The van der Waals surface area contributed by atoms with Crippen molar-refractivity contribution in [1.29, 1.82) is 0 Å². The van der Waals surface area contributed by atoms with Gasteiger partial charge in [-0.3, -0.25) is 10.3 Å². The summed E-state index contributed by atoms with van der Waals surface area (Å²) in [5.74, 6) is 0.800. The Labute approximate surface area is 163 Å². The van der Waals surface area contributed by atoms with Gasteiger partial charge in [0.15, 0.2) is 5.82 Å². The van der Waals surface area contributed by atoms with E-state index in [0.717, 1.165) is 28.2 Å². The number of carbonyl (C=O) groups is 1. The van der Waals surface area contributed by atoms with Crippen molar-refractivity contribution in [3.05, 3.63) is 54.3 Å². The summed E-state index contributed by atoms with van der Waals surface area (Å²) in [4.78, 5) is 24.7. The van der Waals surface area contributed by atoms with Crippen LogP contribution in [0.3, 0.4) is 0 Å². The Bertz CT molecular complexity index is 1110. The summed E-state index contributed by atoms with van der Waals surface area (Å²) in [6.45, 7) is 3.68. The monoisotopic (exact) mass is 394 g/mol. The van der Waals surface area contributed by atoms with Crippen molar-refractivity contribution in [2.45, 2.75) is 13.8 Å². The number of nitrogens with one attached hydrogen (secondary N) is 1. The third kappa shape index (κ3) is 3.71. The molecule has 1 N–H and O–H groups in total. The van der Waals surface area contributed by atoms with E-state index in [2.05, 4.69) is 29.9 Å². The fraction of sp³-hybridized carbons (Fsp3) is 0.111. The van der Waals surface area contributed by atoms with Gasteiger partial charge in [-0.05, 0) is 31.5 Å². The fourth-order valence-corrected chi connectivity index (χ4v) is 2.98. The van der Waals surface area contributed by atoms with Crippen LogP contribution in [0.4, 0.5) is 10.6 Å². The average Bonchev–Trinajstić information content (AvgIpc) is 3.36. The number of hydrogen-bond donors (Lipinski definition) is 1. The Morgan fingerprint density at radius 3 is 2.75 bits per heavy atom. The second-order valence-corrected chi connectivity index (χ2v) is 6.53. The molecule has 0 unspecified atom stereocenters. The average molecular weight is 394 g/mol. The fourth-order valence-electron chi connectivity index (χ4n) is 2.46. The summed E-state index contributed by atoms with van der Waals surface area (Å²) in [5, 5.41) is 6.64. The number of aryl methyl sites for hydroxylation is 2. The first-order valence-electron chi connectivity index (χ1n) is 8.21. The molecule has 0 fully saturated rings. The van der Waals surface area contributed by atoms with Gasteiger partial charge in [-0.1, -0.05) is 10.6 Å². The smallest absolute Gasteiger partial charge is 0.419 e. The van der Waals surface area contributed by atoms with Crippen molar-refractivity contribution in [2.24, 2.45) is 0 Å². The van der Waals surface area contributed by atoms with Crippen LogP contribution in [0, 0.1) is 13.8 Å². The number of aromatic nitrogens is 5. The van der Waals surface area contributed by atoms with Gasteiger partial charge < -0.3 is 9.15 Å². The number of amides is 1. The quantitative estimate of drug-likeness (QED) is 0.554. The van der Waals surface area contributed by atoms with Crippen LogP contribution >= 0.6 is 11.5 Å². The van der Waals surface area contributed by atoms with E-state index in [4.69, 9.17) is 9.15 Å². The first-order chi connectivity index (χ1) is 13.6. The summed E-state index contributed by atoms with van der Waals surface area (Å²) in [5.41, 5.74) is 3.96. The summed E-state index contributed by atoms with van der Waals surface area (Å²) in [6, 6.07) is 5.83. The SMILES string of the molecule is Cc1ccc(-c2ncco2)cc1-c1cnc(NC(=O)Oc2snnc2C)cn1. The van der Waals surface area contributed by atoms with E-state index in [9.17, 15) is 4.79 Å². The third-order valence-corrected chi connectivity index (χ3v) is 4.58. The zero-order valence-electron chi connectivity index (χ0n) is 14.9. The predicted octanol–water partition coefficient (Wildman–Crippen LogP) is 3.88. The van der Waals surface area contributed by atoms with Gasteiger partial charge in [0.1, 0.15) is 12.0 Å². The van der Waals surface area contributed by atoms with E-state index < -0.39 is 6.09 Å². The van der Waals surface area contributed by atoms with Gasteiger partial charge >= 0.3 is 6.09 Å². The second-order valence-electron chi connectivity index (χ2n) is 5.81. The molecule has 140 valence electrons. The van der Waals surface area contributed by atoms with E-state index in [1.807, 2.05) is 25.1 Å². The highest BCUT2D eigenvalue weighted by molar-refractivity contribution is 7.07. The van der Waals surface area contributed by atoms with Gasteiger partial charge in [0.25, 0.3) is 0 Å². The topological polar surface area (TPSA) is 116 Å². The molecule has 0 atom stereocenters. The van der Waals surface area contributed by atoms with Crippen LogP contribution in [-0.2, 0) is 0 Å². The number of rotatable bonds is 4. The molecule has 4 aromatic rings. The maximum atomic E-state index is 11.9. The van der Waals surface area contributed by atoms with Crippen molar-refractivity contribution >= 4 is 23.4 Å². The van der Waals surface area contributed by atoms with Crippen LogP contribution in [0.25, 0.3) is 22.7 Å². The third-order valence-electron chi connectivity index (χ3n) is 3.87. The summed E-state index contributed by atoms with van der Waals surface area (Å²) < 4.78 is 14.2. The van der Waals surface area contributed by atoms with Crippen molar-refractivity contribution in [3.63, 3.8) is 0 Å². The van der Waals surface area contributed by atoms with Gasteiger partial charge in [-0.2, -0.15) is 0 Å². The maximum absolute atomic E-state index is 11.9. The molecule has 0 aliphatic carbocycles. The molecular weight excluding hydrogens is 380 g/mol. The first kappa shape index (κ1) is 17.7. The molecule has 10 heteroatoms. The van der Waals surface area contributed by atoms with Crippen LogP contribution in [0.1, 0.15) is 11.3 Å². The normalized spacial score (nSPS) is 10.6. The second kappa shape index (κ2) is 7.53. The number of oxazole rings is 1. The molecule has 3 heterocycles. The first-order valence-corrected chi connectivity index (χ1v) is 8.98. The van der Waals surface area contributed by atoms with E-state index in [-0.39, 0.29) is 5.82 Å². The molecule has 0 saturated carbocycles. The Morgan fingerprint density at radius 2 is 2.07 bits per heavy atom. The van der Waals surface area contributed by atoms with Crippen molar-refractivity contribution in [1.82, 2.24) is 24.5 Å². The largest absolute Gasteiger partial charge is 0.445 e. The van der Waals surface area contributed by atoms with Crippen molar-refractivity contribution < 1.29 is 13.9 Å². The van der Waals surface area contributed by atoms with Crippen LogP contribution in [0.2, 0.25) is 0 Å². The zero-order chi connectivity index (χ0) is 19.5. The lowest BCUT2D eigenvalue weighted by atomic mass is 10.0. The lowest BCUT2D eigenvalue weighted by Crippen LogP contribution is -2.17. The van der Waals surface area contributed by atoms with E-state index >= 15 is 0 Å². The molecule has 0 radical (unpaired) electrons. The minimum atomic E-state index is -0.682. The summed E-state index contributed by atoms with van der Waals surface area (Å²) >= 11 is 0.997. The number of carbonyl (C=O) groups excluding carboxylic acids is 1. The van der Waals surface area contributed by atoms with Crippen LogP contribution < -0.4 is 10.1 Å². The van der Waals surface area contributed by atoms with Gasteiger partial charge in [-0.15, -0.1) is 5.10 Å². The van der Waals surface area contributed by atoms with Crippen molar-refractivity contribution in [3.8, 4) is 27.8 Å². The van der Waals surface area contributed by atoms with Gasteiger partial charge in [0.05, 0.1) is 24.3 Å². The van der Waals surface area contributed by atoms with Crippen LogP contribution in [-0.4, -0.2) is 30.6 Å². The minimum absolute atomic E-state index is 0.269. The molecule has 0 aliphatic rings. The zero-order valence-corrected chi connectivity index (χ0v) is 15.7. The van der Waals surface area contributed by atoms with E-state index in [1.165, 1.54) is 12.5 Å². The lowest BCUT2D eigenvalue weighted by molar-refractivity contribution is 0.216. The molecular formula is C18H14N6O3S. The predicted molar refractivity (Wildman–Crippen MR) is 102 cm³/mol. The Balaban J connectivity index is 1.51. The molecule has 0 saturated heterocycles. The van der Waals surface area contributed by atoms with Gasteiger partial charge in [0.2, 0.25) is 11.0 Å². The van der Waals surface area contributed by atoms with E-state index in [1.54, 1.807) is 19.3 Å². The molecule has 4 rings (SSSR count). The number of nitrogens with zero attached hydrogens (tertiary/aromatic N) is 5. The number of anilines is 1. The highest BCUT2D eigenvalue weighted by Crippen LogP contribution is 2.27. The highest BCUT2D eigenvalue weighted by atomic mass is 32.1. The molecule has 9 nitrogen and oxygen atoms in total. The summed E-state index contributed by atoms with van der Waals surface area (Å²) in [6.07, 6.45) is 5.48. The molecule has 3 aromatic heterocycles. The summed E-state index contributed by atoms with van der Waals surface area (Å²) in [7, 11) is 0. The molecule has 28 heavy (non-hydrogen) atoms. The Hall–Kier alpha value is -3.66. The standard InChI is InChI=1S/C18H14N6O3S/c1-10-3-4-12(16-19-5-6-26-16)7-13(10)14-8-21-15(9-20-14)22-18(25)27-17-11(2)23-24-28-17/h3-9H,1-2H3,(H,21,22,25).